The molecule has 0 aliphatic heterocycles. The van der Waals surface area contributed by atoms with Crippen molar-refractivity contribution < 1.29 is 23.0 Å². The molecular formula is C69H58N4O. The predicted octanol–water partition coefficient (Wildman–Crippen LogP) is 17.5. The van der Waals surface area contributed by atoms with E-state index in [-0.39, 0.29) is 38.8 Å². The van der Waals surface area contributed by atoms with Crippen LogP contribution >= 0.6 is 0 Å². The van der Waals surface area contributed by atoms with Gasteiger partial charge in [-0.1, -0.05) is 211 Å². The summed E-state index contributed by atoms with van der Waals surface area (Å²) in [5.74, 6) is 1.86. The summed E-state index contributed by atoms with van der Waals surface area (Å²) in [7, 11) is 0. The molecule has 12 aromatic rings. The highest BCUT2D eigenvalue weighted by Crippen LogP contribution is 2.40. The topological polar surface area (TPSA) is 35.9 Å². The molecule has 74 heavy (non-hydrogen) atoms. The zero-order chi connectivity index (χ0) is 59.3. The third-order valence-electron chi connectivity index (χ3n) is 13.5. The molecule has 0 saturated heterocycles. The number of benzene rings is 9. The van der Waals surface area contributed by atoms with Crippen molar-refractivity contribution in [3.8, 4) is 73.2 Å². The number of nitrogens with zero attached hydrogens (tertiary/aromatic N) is 4. The van der Waals surface area contributed by atoms with Gasteiger partial charge in [0.1, 0.15) is 17.3 Å². The van der Waals surface area contributed by atoms with Crippen molar-refractivity contribution in [1.82, 2.24) is 14.1 Å². The van der Waals surface area contributed by atoms with E-state index in [1.165, 1.54) is 11.1 Å². The molecule has 12 rings (SSSR count). The van der Waals surface area contributed by atoms with Crippen LogP contribution in [0.2, 0.25) is 0 Å². The zero-order valence-corrected chi connectivity index (χ0v) is 42.1. The molecule has 0 aliphatic carbocycles. The predicted molar refractivity (Wildman–Crippen MR) is 306 cm³/mol. The molecule has 0 N–H and O–H groups in total. The third-order valence-corrected chi connectivity index (χ3v) is 13.5. The summed E-state index contributed by atoms with van der Waals surface area (Å²) in [5.41, 5.74) is 10.8. The van der Waals surface area contributed by atoms with Gasteiger partial charge in [0, 0.05) is 28.6 Å². The highest BCUT2D eigenvalue weighted by atomic mass is 16.5. The highest BCUT2D eigenvalue weighted by Gasteiger charge is 2.23. The Hall–Kier alpha value is -8.80. The molecule has 9 aromatic carbocycles. The lowest BCUT2D eigenvalue weighted by Crippen LogP contribution is -2.31. The monoisotopic (exact) mass is 969 g/mol. The van der Waals surface area contributed by atoms with Gasteiger partial charge in [-0.2, -0.15) is 0 Å². The van der Waals surface area contributed by atoms with Crippen LogP contribution in [0.3, 0.4) is 0 Å². The van der Waals surface area contributed by atoms with E-state index in [2.05, 4.69) is 125 Å². The standard InChI is InChI=1S/C69H58N4O/c1-68(2,3)44-52-41-66(70-45-61(52)50-32-35-53(36-33-50)69(4,5)6)73-62-39-34-51(47-20-10-7-11-21-47)40-60(62)59-38-37-56(43-65(59)73)74-55-27-18-26-54(42-55)71-46-72(64-31-17-16-30-63(64)71)67-57(48-22-12-8-13-23-48)28-19-29-58(67)49-24-14-9-15-25-49/h7-43,45H,44H2,1-6H3/i8D,9D,12D,13D,14D,15D,22D,23D,24D,25D. The van der Waals surface area contributed by atoms with Crippen molar-refractivity contribution in [2.24, 2.45) is 5.41 Å². The summed E-state index contributed by atoms with van der Waals surface area (Å²) >= 11 is 0. The minimum absolute atomic E-state index is 0.0188. The highest BCUT2D eigenvalue weighted by molar-refractivity contribution is 6.10. The lowest BCUT2D eigenvalue weighted by atomic mass is 9.84. The first-order valence-corrected chi connectivity index (χ1v) is 24.8. The minimum Gasteiger partial charge on any atom is -0.458 e. The number of hydrogen-bond donors (Lipinski definition) is 0. The summed E-state index contributed by atoms with van der Waals surface area (Å²) < 4.78 is 100. The van der Waals surface area contributed by atoms with Crippen molar-refractivity contribution in [1.29, 1.82) is 0 Å². The van der Waals surface area contributed by atoms with Gasteiger partial charge in [-0.25, -0.2) is 4.98 Å². The SMILES string of the molecule is [2H]c1c([2H])c([2H])c(-c2cccc(-c3c([2H])c([2H])c([2H])c([2H])c3[2H])c2-[n+]2[c-]n(-c3cccc(Oc4ccc5c6cc(-c7ccccc7)ccc6n(-c6cc(CC(C)(C)C)c(-c7ccc(C(C)(C)C)cc7)cn6)c5c4)c3)c3ccccc32)c([2H])c1[2H]. The van der Waals surface area contributed by atoms with Crippen LogP contribution < -0.4 is 9.30 Å². The number of para-hydroxylation sites is 3. The second-order valence-corrected chi connectivity index (χ2v) is 20.9. The Morgan fingerprint density at radius 3 is 1.89 bits per heavy atom. The molecule has 0 unspecified atom stereocenters. The van der Waals surface area contributed by atoms with Gasteiger partial charge in [0.25, 0.3) is 6.33 Å². The van der Waals surface area contributed by atoms with E-state index < -0.39 is 60.4 Å². The fraction of sp³-hybridized carbons (Fsp3) is 0.130. The zero-order valence-electron chi connectivity index (χ0n) is 52.1. The van der Waals surface area contributed by atoms with Gasteiger partial charge in [0.2, 0.25) is 0 Å². The normalized spacial score (nSPS) is 13.9. The van der Waals surface area contributed by atoms with Crippen LogP contribution in [0.1, 0.15) is 66.4 Å². The fourth-order valence-electron chi connectivity index (χ4n) is 10.1. The van der Waals surface area contributed by atoms with E-state index in [0.717, 1.165) is 56.3 Å². The Kier molecular flexibility index (Phi) is 9.12. The number of pyridine rings is 1. The van der Waals surface area contributed by atoms with Crippen LogP contribution in [-0.4, -0.2) is 14.1 Å². The number of hydrogen-bond acceptors (Lipinski definition) is 2. The summed E-state index contributed by atoms with van der Waals surface area (Å²) in [6.07, 6.45) is 6.31. The lowest BCUT2D eigenvalue weighted by molar-refractivity contribution is -0.571. The van der Waals surface area contributed by atoms with E-state index in [1.54, 1.807) is 22.8 Å². The van der Waals surface area contributed by atoms with Gasteiger partial charge in [0.05, 0.1) is 47.1 Å². The molecule has 0 spiro atoms. The van der Waals surface area contributed by atoms with Gasteiger partial charge in [0.15, 0.2) is 0 Å². The van der Waals surface area contributed by atoms with E-state index in [9.17, 15) is 0 Å². The lowest BCUT2D eigenvalue weighted by Gasteiger charge is -2.22. The maximum Gasteiger partial charge on any atom is 0.269 e. The first-order valence-electron chi connectivity index (χ1n) is 29.8. The summed E-state index contributed by atoms with van der Waals surface area (Å²) in [4.78, 5) is 5.26. The summed E-state index contributed by atoms with van der Waals surface area (Å²) in [5, 5.41) is 2.09. The molecule has 5 nitrogen and oxygen atoms in total. The molecule has 0 radical (unpaired) electrons. The fourth-order valence-corrected chi connectivity index (χ4v) is 10.1. The molecule has 0 aliphatic rings. The van der Waals surface area contributed by atoms with Gasteiger partial charge in [-0.05, 0) is 116 Å². The molecule has 3 aromatic heterocycles. The number of aromatic nitrogens is 4. The third kappa shape index (κ3) is 8.85. The molecule has 0 saturated carbocycles. The van der Waals surface area contributed by atoms with Crippen molar-refractivity contribution >= 4 is 32.8 Å². The first-order chi connectivity index (χ1) is 40.1. The number of fused-ring (bicyclic) bond motifs is 4. The molecule has 360 valence electrons. The largest absolute Gasteiger partial charge is 0.458 e. The Morgan fingerprint density at radius 1 is 0.527 bits per heavy atom. The van der Waals surface area contributed by atoms with Crippen LogP contribution in [-0.2, 0) is 11.8 Å². The Morgan fingerprint density at radius 2 is 1.19 bits per heavy atom. The van der Waals surface area contributed by atoms with Crippen LogP contribution in [0.5, 0.6) is 11.5 Å². The van der Waals surface area contributed by atoms with Crippen molar-refractivity contribution in [3.05, 3.63) is 248 Å². The summed E-state index contributed by atoms with van der Waals surface area (Å²) in [6, 6.07) is 48.6. The van der Waals surface area contributed by atoms with Gasteiger partial charge in [-0.3, -0.25) is 13.7 Å². The van der Waals surface area contributed by atoms with E-state index in [1.807, 2.05) is 83.6 Å². The molecule has 5 heteroatoms. The van der Waals surface area contributed by atoms with Crippen LogP contribution in [0, 0.1) is 11.7 Å². The van der Waals surface area contributed by atoms with Crippen molar-refractivity contribution in [3.63, 3.8) is 0 Å². The molecule has 0 bridgehead atoms. The molecule has 0 fully saturated rings. The van der Waals surface area contributed by atoms with Crippen molar-refractivity contribution in [2.75, 3.05) is 0 Å². The van der Waals surface area contributed by atoms with E-state index in [0.29, 0.717) is 28.2 Å². The number of ether oxygens (including phenoxy) is 1. The number of imidazole rings is 1. The molecule has 0 atom stereocenters. The summed E-state index contributed by atoms with van der Waals surface area (Å²) in [6.45, 7) is 13.5. The van der Waals surface area contributed by atoms with Crippen molar-refractivity contribution in [2.45, 2.75) is 53.4 Å². The van der Waals surface area contributed by atoms with Gasteiger partial charge in [-0.15, -0.1) is 0 Å². The number of rotatable bonds is 10. The first kappa shape index (κ1) is 36.2. The Labute approximate surface area is 448 Å². The smallest absolute Gasteiger partial charge is 0.269 e. The van der Waals surface area contributed by atoms with Crippen LogP contribution in [0.4, 0.5) is 0 Å². The maximum absolute atomic E-state index is 9.10. The molecule has 0 amide bonds. The molecule has 3 heterocycles. The second kappa shape index (κ2) is 18.7. The quantitative estimate of drug-likeness (QED) is 0.101. The molecular weight excluding hydrogens is 901 g/mol. The van der Waals surface area contributed by atoms with Crippen LogP contribution in [0.15, 0.2) is 230 Å². The maximum atomic E-state index is 9.10. The van der Waals surface area contributed by atoms with E-state index in [4.69, 9.17) is 23.4 Å². The average molecular weight is 969 g/mol. The van der Waals surface area contributed by atoms with E-state index >= 15 is 0 Å². The average Bonchev–Trinajstić information content (AvgIpc) is 2.18. The van der Waals surface area contributed by atoms with Gasteiger partial charge < -0.3 is 4.74 Å². The van der Waals surface area contributed by atoms with Crippen LogP contribution in [0.25, 0.3) is 94.5 Å². The minimum atomic E-state index is -0.569. The second-order valence-electron chi connectivity index (χ2n) is 20.9. The Balaban J connectivity index is 1.01. The van der Waals surface area contributed by atoms with Gasteiger partial charge >= 0.3 is 0 Å². The Bertz CT molecular complexity index is 4490.